The van der Waals surface area contributed by atoms with Crippen LogP contribution < -0.4 is 4.90 Å². The van der Waals surface area contributed by atoms with Gasteiger partial charge in [0.25, 0.3) is 0 Å². The van der Waals surface area contributed by atoms with Crippen LogP contribution in [0.15, 0.2) is 48.6 Å². The smallest absolute Gasteiger partial charge is 0.335 e. The quantitative estimate of drug-likeness (QED) is 0.643. The van der Waals surface area contributed by atoms with Gasteiger partial charge in [0.2, 0.25) is 0 Å². The second-order valence-electron chi connectivity index (χ2n) is 6.30. The van der Waals surface area contributed by atoms with Crippen molar-refractivity contribution in [2.24, 2.45) is 0 Å². The van der Waals surface area contributed by atoms with Crippen molar-refractivity contribution in [3.63, 3.8) is 0 Å². The van der Waals surface area contributed by atoms with E-state index in [1.807, 2.05) is 18.2 Å². The van der Waals surface area contributed by atoms with Crippen LogP contribution in [0.25, 0.3) is 10.2 Å². The Hall–Kier alpha value is -2.37. The first-order chi connectivity index (χ1) is 12.6. The van der Waals surface area contributed by atoms with E-state index >= 15 is 0 Å². The van der Waals surface area contributed by atoms with Crippen LogP contribution in [0.5, 0.6) is 0 Å². The standard InChI is InChI=1S/C20H17ClN2O2S/c21-16-11-15(10-13-5-4-6-14(9-13)19(24)25)18-17(12-16)26-20(22-18)23-7-2-1-3-8-23/h1-2,4-6,9,11-12H,3,7-8,10H2,(H,24,25). The molecule has 4 rings (SSSR count). The van der Waals surface area contributed by atoms with Crippen LogP contribution in [0, 0.1) is 0 Å². The number of nitrogens with zero attached hydrogens (tertiary/aromatic N) is 2. The molecule has 2 heterocycles. The van der Waals surface area contributed by atoms with E-state index in [9.17, 15) is 9.90 Å². The maximum absolute atomic E-state index is 11.2. The van der Waals surface area contributed by atoms with Crippen molar-refractivity contribution in [1.82, 2.24) is 4.98 Å². The van der Waals surface area contributed by atoms with Crippen molar-refractivity contribution in [3.8, 4) is 0 Å². The molecule has 1 aromatic heterocycles. The molecule has 0 fully saturated rings. The van der Waals surface area contributed by atoms with E-state index in [-0.39, 0.29) is 0 Å². The number of halogens is 1. The summed E-state index contributed by atoms with van der Waals surface area (Å²) in [7, 11) is 0. The fourth-order valence-corrected chi connectivity index (χ4v) is 4.56. The van der Waals surface area contributed by atoms with Crippen molar-refractivity contribution in [1.29, 1.82) is 0 Å². The molecule has 1 N–H and O–H groups in total. The molecular weight excluding hydrogens is 368 g/mol. The van der Waals surface area contributed by atoms with Gasteiger partial charge in [-0.1, -0.05) is 47.2 Å². The minimum atomic E-state index is -0.919. The third-order valence-electron chi connectivity index (χ3n) is 4.42. The Bertz CT molecular complexity index is 1010. The second kappa shape index (κ2) is 7.09. The Morgan fingerprint density at radius 2 is 2.15 bits per heavy atom. The maximum Gasteiger partial charge on any atom is 0.335 e. The molecule has 3 aromatic rings. The molecule has 0 amide bonds. The van der Waals surface area contributed by atoms with E-state index in [0.29, 0.717) is 17.0 Å². The van der Waals surface area contributed by atoms with Crippen LogP contribution in [0.1, 0.15) is 27.9 Å². The van der Waals surface area contributed by atoms with Gasteiger partial charge in [-0.3, -0.25) is 0 Å². The molecule has 0 saturated heterocycles. The summed E-state index contributed by atoms with van der Waals surface area (Å²) in [6.45, 7) is 1.85. The number of aromatic nitrogens is 1. The van der Waals surface area contributed by atoms with Gasteiger partial charge in [0.15, 0.2) is 5.13 Å². The number of benzene rings is 2. The average molecular weight is 385 g/mol. The highest BCUT2D eigenvalue weighted by molar-refractivity contribution is 7.22. The predicted molar refractivity (Wildman–Crippen MR) is 107 cm³/mol. The number of thiazole rings is 1. The maximum atomic E-state index is 11.2. The van der Waals surface area contributed by atoms with Gasteiger partial charge < -0.3 is 10.0 Å². The lowest BCUT2D eigenvalue weighted by Gasteiger charge is -2.22. The van der Waals surface area contributed by atoms with Crippen molar-refractivity contribution < 1.29 is 9.90 Å². The number of carboxylic acid groups (broad SMARTS) is 1. The summed E-state index contributed by atoms with van der Waals surface area (Å²) in [6, 6.07) is 10.9. The summed E-state index contributed by atoms with van der Waals surface area (Å²) in [5, 5.41) is 10.9. The molecule has 1 aliphatic rings. The normalized spacial score (nSPS) is 14.1. The third-order valence-corrected chi connectivity index (χ3v) is 5.71. The Kier molecular flexibility index (Phi) is 4.66. The van der Waals surface area contributed by atoms with Crippen LogP contribution in [0.3, 0.4) is 0 Å². The number of anilines is 1. The lowest BCUT2D eigenvalue weighted by Crippen LogP contribution is -2.26. The molecule has 0 radical (unpaired) electrons. The first kappa shape index (κ1) is 17.1. The number of carboxylic acids is 1. The number of aromatic carboxylic acids is 1. The van der Waals surface area contributed by atoms with E-state index in [2.05, 4.69) is 17.1 Å². The van der Waals surface area contributed by atoms with Gasteiger partial charge in [0.1, 0.15) is 0 Å². The molecule has 0 aliphatic carbocycles. The number of hydrogen-bond acceptors (Lipinski definition) is 4. The Labute approximate surface area is 160 Å². The molecule has 0 saturated carbocycles. The zero-order valence-corrected chi connectivity index (χ0v) is 15.6. The molecule has 1 aliphatic heterocycles. The molecule has 4 nitrogen and oxygen atoms in total. The highest BCUT2D eigenvalue weighted by atomic mass is 35.5. The molecule has 132 valence electrons. The van der Waals surface area contributed by atoms with Crippen LogP contribution in [-0.2, 0) is 6.42 Å². The van der Waals surface area contributed by atoms with Crippen molar-refractivity contribution in [2.45, 2.75) is 12.8 Å². The lowest BCUT2D eigenvalue weighted by atomic mass is 10.0. The van der Waals surface area contributed by atoms with Gasteiger partial charge in [0, 0.05) is 18.1 Å². The molecular formula is C20H17ClN2O2S. The van der Waals surface area contributed by atoms with Crippen LogP contribution in [0.2, 0.25) is 5.02 Å². The number of rotatable bonds is 4. The molecule has 0 bridgehead atoms. The summed E-state index contributed by atoms with van der Waals surface area (Å²) in [5.74, 6) is -0.919. The predicted octanol–water partition coefficient (Wildman–Crippen LogP) is 5.01. The zero-order valence-electron chi connectivity index (χ0n) is 14.0. The largest absolute Gasteiger partial charge is 0.478 e. The Balaban J connectivity index is 1.72. The summed E-state index contributed by atoms with van der Waals surface area (Å²) in [5.41, 5.74) is 3.19. The monoisotopic (exact) mass is 384 g/mol. The molecule has 0 atom stereocenters. The van der Waals surface area contributed by atoms with Crippen LogP contribution in [-0.4, -0.2) is 29.1 Å². The third kappa shape index (κ3) is 3.45. The van der Waals surface area contributed by atoms with Crippen molar-refractivity contribution >= 4 is 44.3 Å². The Morgan fingerprint density at radius 3 is 2.92 bits per heavy atom. The highest BCUT2D eigenvalue weighted by Crippen LogP contribution is 2.34. The molecule has 0 unspecified atom stereocenters. The molecule has 26 heavy (non-hydrogen) atoms. The van der Waals surface area contributed by atoms with Crippen LogP contribution in [0.4, 0.5) is 5.13 Å². The molecule has 0 spiro atoms. The minimum absolute atomic E-state index is 0.292. The van der Waals surface area contributed by atoms with E-state index in [1.54, 1.807) is 29.5 Å². The van der Waals surface area contributed by atoms with Crippen LogP contribution >= 0.6 is 22.9 Å². The van der Waals surface area contributed by atoms with E-state index in [0.717, 1.165) is 46.0 Å². The van der Waals surface area contributed by atoms with Crippen molar-refractivity contribution in [3.05, 3.63) is 70.3 Å². The fraction of sp³-hybridized carbons (Fsp3) is 0.200. The second-order valence-corrected chi connectivity index (χ2v) is 7.74. The fourth-order valence-electron chi connectivity index (χ4n) is 3.17. The lowest BCUT2D eigenvalue weighted by molar-refractivity contribution is 0.0697. The highest BCUT2D eigenvalue weighted by Gasteiger charge is 2.16. The van der Waals surface area contributed by atoms with Gasteiger partial charge in [-0.25, -0.2) is 9.78 Å². The SMILES string of the molecule is O=C(O)c1cccc(Cc2cc(Cl)cc3sc(N4CC=CCC4)nc23)c1. The first-order valence-electron chi connectivity index (χ1n) is 8.41. The van der Waals surface area contributed by atoms with E-state index < -0.39 is 5.97 Å². The van der Waals surface area contributed by atoms with E-state index in [1.165, 1.54) is 0 Å². The van der Waals surface area contributed by atoms with Gasteiger partial charge in [-0.15, -0.1) is 0 Å². The summed E-state index contributed by atoms with van der Waals surface area (Å²) in [4.78, 5) is 18.3. The topological polar surface area (TPSA) is 53.4 Å². The summed E-state index contributed by atoms with van der Waals surface area (Å²) in [6.07, 6.45) is 6.00. The Morgan fingerprint density at radius 1 is 1.27 bits per heavy atom. The van der Waals surface area contributed by atoms with Gasteiger partial charge in [-0.2, -0.15) is 0 Å². The van der Waals surface area contributed by atoms with Gasteiger partial charge in [0.05, 0.1) is 15.8 Å². The van der Waals surface area contributed by atoms with Crippen molar-refractivity contribution in [2.75, 3.05) is 18.0 Å². The summed E-state index contributed by atoms with van der Waals surface area (Å²) < 4.78 is 1.06. The molecule has 2 aromatic carbocycles. The summed E-state index contributed by atoms with van der Waals surface area (Å²) >= 11 is 7.98. The average Bonchev–Trinajstić information content (AvgIpc) is 3.07. The first-order valence-corrected chi connectivity index (χ1v) is 9.61. The van der Waals surface area contributed by atoms with Gasteiger partial charge >= 0.3 is 5.97 Å². The zero-order chi connectivity index (χ0) is 18.1. The molecule has 6 heteroatoms. The number of hydrogen-bond donors (Lipinski definition) is 1. The van der Waals surface area contributed by atoms with E-state index in [4.69, 9.17) is 16.6 Å². The number of carbonyl (C=O) groups is 1. The number of fused-ring (bicyclic) bond motifs is 1. The van der Waals surface area contributed by atoms with Gasteiger partial charge in [-0.05, 0) is 48.2 Å². The minimum Gasteiger partial charge on any atom is -0.478 e.